The molecule has 0 saturated carbocycles. The Kier molecular flexibility index (Phi) is 5.48. The third-order valence-electron chi connectivity index (χ3n) is 5.03. The maximum Gasteiger partial charge on any atom is 0.266 e. The summed E-state index contributed by atoms with van der Waals surface area (Å²) >= 11 is 1.29. The number of aromatic nitrogens is 1. The first-order valence-electron chi connectivity index (χ1n) is 8.79. The van der Waals surface area contributed by atoms with E-state index in [1.807, 2.05) is 24.0 Å². The van der Waals surface area contributed by atoms with Crippen molar-refractivity contribution < 1.29 is 9.53 Å². The van der Waals surface area contributed by atoms with E-state index in [9.17, 15) is 4.79 Å². The van der Waals surface area contributed by atoms with Crippen LogP contribution in [0.3, 0.4) is 0 Å². The number of amides is 1. The van der Waals surface area contributed by atoms with E-state index in [1.54, 1.807) is 7.11 Å². The molecule has 1 aliphatic rings. The van der Waals surface area contributed by atoms with Gasteiger partial charge >= 0.3 is 0 Å². The number of nitrogen functional groups attached to an aromatic ring is 1. The summed E-state index contributed by atoms with van der Waals surface area (Å²) in [5, 5.41) is 0.459. The fourth-order valence-corrected chi connectivity index (χ4v) is 4.46. The number of carbonyl (C=O) groups excluding carboxylic acids is 1. The quantitative estimate of drug-likeness (QED) is 0.870. The van der Waals surface area contributed by atoms with E-state index in [0.717, 1.165) is 11.4 Å². The van der Waals surface area contributed by atoms with Gasteiger partial charge in [-0.05, 0) is 38.2 Å². The summed E-state index contributed by atoms with van der Waals surface area (Å²) in [6.07, 6.45) is 0.710. The highest BCUT2D eigenvalue weighted by Gasteiger charge is 2.38. The lowest BCUT2D eigenvalue weighted by molar-refractivity contribution is 0.0786. The van der Waals surface area contributed by atoms with Crippen LogP contribution in [0.5, 0.6) is 5.75 Å². The Balaban J connectivity index is 1.85. The molecule has 1 aromatic heterocycles. The summed E-state index contributed by atoms with van der Waals surface area (Å²) in [7, 11) is 5.80. The van der Waals surface area contributed by atoms with Crippen LogP contribution in [0.4, 0.5) is 5.13 Å². The van der Waals surface area contributed by atoms with Gasteiger partial charge in [-0.25, -0.2) is 4.98 Å². The highest BCUT2D eigenvalue weighted by molar-refractivity contribution is 7.17. The summed E-state index contributed by atoms with van der Waals surface area (Å²) in [5.41, 5.74) is 7.85. The number of benzene rings is 1. The lowest BCUT2D eigenvalue weighted by Gasteiger charge is -2.25. The molecule has 0 aliphatic carbocycles. The van der Waals surface area contributed by atoms with Gasteiger partial charge in [-0.2, -0.15) is 0 Å². The summed E-state index contributed by atoms with van der Waals surface area (Å²) in [5.74, 6) is 1.14. The fourth-order valence-electron chi connectivity index (χ4n) is 3.57. The number of hydrogen-bond donors (Lipinski definition) is 1. The van der Waals surface area contributed by atoms with Crippen LogP contribution in [0.1, 0.15) is 33.8 Å². The number of carbonyl (C=O) groups is 1. The lowest BCUT2D eigenvalue weighted by atomic mass is 9.93. The normalized spacial score (nSPS) is 20.0. The smallest absolute Gasteiger partial charge is 0.266 e. The first-order chi connectivity index (χ1) is 12.4. The van der Waals surface area contributed by atoms with Crippen molar-refractivity contribution in [2.75, 3.05) is 40.0 Å². The molecular formula is C19H26N4O2S. The second kappa shape index (κ2) is 7.63. The van der Waals surface area contributed by atoms with Crippen LogP contribution in [0.2, 0.25) is 0 Å². The van der Waals surface area contributed by atoms with Crippen molar-refractivity contribution >= 4 is 22.4 Å². The van der Waals surface area contributed by atoms with Gasteiger partial charge in [0.05, 0.1) is 12.8 Å². The molecule has 0 unspecified atom stereocenters. The molecule has 0 spiro atoms. The summed E-state index contributed by atoms with van der Waals surface area (Å²) in [6.45, 7) is 3.39. The monoisotopic (exact) mass is 374 g/mol. The van der Waals surface area contributed by atoms with Crippen LogP contribution in [-0.2, 0) is 6.42 Å². The minimum Gasteiger partial charge on any atom is -0.497 e. The minimum absolute atomic E-state index is 0.0407. The zero-order valence-electron chi connectivity index (χ0n) is 15.7. The molecule has 7 heteroatoms. The fraction of sp³-hybridized carbons (Fsp3) is 0.474. The first kappa shape index (κ1) is 18.7. The van der Waals surface area contributed by atoms with Crippen LogP contribution in [0.15, 0.2) is 24.3 Å². The first-order valence-corrected chi connectivity index (χ1v) is 9.61. The molecule has 0 bridgehead atoms. The molecule has 140 valence electrons. The SMILES string of the molecule is CCc1nc(N)sc1C(=O)N1C[C@@H](N(C)C)[C@H](c2ccc(OC)cc2)C1. The summed E-state index contributed by atoms with van der Waals surface area (Å²) in [4.78, 5) is 22.2. The third kappa shape index (κ3) is 3.54. The van der Waals surface area contributed by atoms with Crippen LogP contribution >= 0.6 is 11.3 Å². The van der Waals surface area contributed by atoms with Crippen molar-refractivity contribution in [1.29, 1.82) is 0 Å². The Hall–Kier alpha value is -2.12. The molecule has 1 fully saturated rings. The molecule has 1 saturated heterocycles. The topological polar surface area (TPSA) is 71.7 Å². The van der Waals surface area contributed by atoms with Crippen molar-refractivity contribution in [2.24, 2.45) is 0 Å². The molecule has 1 aliphatic heterocycles. The number of likely N-dealkylation sites (N-methyl/N-ethyl adjacent to an activating group) is 1. The molecule has 1 aromatic carbocycles. The Morgan fingerprint density at radius 1 is 1.35 bits per heavy atom. The molecule has 2 aromatic rings. The van der Waals surface area contributed by atoms with E-state index < -0.39 is 0 Å². The van der Waals surface area contributed by atoms with Gasteiger partial charge < -0.3 is 20.3 Å². The number of likely N-dealkylation sites (tertiary alicyclic amines) is 1. The van der Waals surface area contributed by atoms with Gasteiger partial charge in [0.15, 0.2) is 5.13 Å². The van der Waals surface area contributed by atoms with Crippen molar-refractivity contribution in [2.45, 2.75) is 25.3 Å². The largest absolute Gasteiger partial charge is 0.497 e. The number of hydrogen-bond acceptors (Lipinski definition) is 6. The number of aryl methyl sites for hydroxylation is 1. The Morgan fingerprint density at radius 3 is 2.62 bits per heavy atom. The predicted octanol–water partition coefficient (Wildman–Crippen LogP) is 2.47. The second-order valence-electron chi connectivity index (χ2n) is 6.80. The molecule has 3 rings (SSSR count). The molecule has 1 amide bonds. The average Bonchev–Trinajstić information content (AvgIpc) is 3.25. The number of rotatable bonds is 5. The number of thiazole rings is 1. The number of nitrogens with two attached hydrogens (primary N) is 1. The van der Waals surface area contributed by atoms with E-state index in [2.05, 4.69) is 36.1 Å². The molecule has 2 heterocycles. The van der Waals surface area contributed by atoms with Gasteiger partial charge in [0.25, 0.3) is 5.91 Å². The zero-order chi connectivity index (χ0) is 18.8. The highest BCUT2D eigenvalue weighted by atomic mass is 32.1. The van der Waals surface area contributed by atoms with Gasteiger partial charge in [0.2, 0.25) is 0 Å². The zero-order valence-corrected chi connectivity index (χ0v) is 16.5. The molecule has 6 nitrogen and oxygen atoms in total. The molecular weight excluding hydrogens is 348 g/mol. The average molecular weight is 375 g/mol. The van der Waals surface area contributed by atoms with E-state index in [1.165, 1.54) is 16.9 Å². The second-order valence-corrected chi connectivity index (χ2v) is 7.83. The third-order valence-corrected chi connectivity index (χ3v) is 5.94. The van der Waals surface area contributed by atoms with Crippen molar-refractivity contribution in [1.82, 2.24) is 14.8 Å². The van der Waals surface area contributed by atoms with Crippen LogP contribution in [0.25, 0.3) is 0 Å². The van der Waals surface area contributed by atoms with Gasteiger partial charge in [-0.15, -0.1) is 0 Å². The number of anilines is 1. The minimum atomic E-state index is 0.0407. The Bertz CT molecular complexity index is 772. The van der Waals surface area contributed by atoms with Gasteiger partial charge in [-0.1, -0.05) is 30.4 Å². The van der Waals surface area contributed by atoms with Crippen LogP contribution < -0.4 is 10.5 Å². The van der Waals surface area contributed by atoms with Crippen LogP contribution in [-0.4, -0.2) is 61.0 Å². The van der Waals surface area contributed by atoms with Gasteiger partial charge in [-0.3, -0.25) is 4.79 Å². The number of methoxy groups -OCH3 is 1. The van der Waals surface area contributed by atoms with Gasteiger partial charge in [0.1, 0.15) is 10.6 Å². The van der Waals surface area contributed by atoms with Crippen molar-refractivity contribution in [3.05, 3.63) is 40.4 Å². The van der Waals surface area contributed by atoms with Crippen molar-refractivity contribution in [3.8, 4) is 5.75 Å². The highest BCUT2D eigenvalue weighted by Crippen LogP contribution is 2.33. The van der Waals surface area contributed by atoms with Gasteiger partial charge in [0, 0.05) is 25.0 Å². The molecule has 26 heavy (non-hydrogen) atoms. The summed E-state index contributed by atoms with van der Waals surface area (Å²) < 4.78 is 5.26. The van der Waals surface area contributed by atoms with E-state index in [-0.39, 0.29) is 17.9 Å². The van der Waals surface area contributed by atoms with E-state index in [4.69, 9.17) is 10.5 Å². The van der Waals surface area contributed by atoms with E-state index in [0.29, 0.717) is 29.5 Å². The number of ether oxygens (including phenoxy) is 1. The maximum absolute atomic E-state index is 13.1. The summed E-state index contributed by atoms with van der Waals surface area (Å²) in [6, 6.07) is 8.41. The molecule has 2 atom stereocenters. The number of nitrogens with zero attached hydrogens (tertiary/aromatic N) is 3. The Morgan fingerprint density at radius 2 is 2.04 bits per heavy atom. The van der Waals surface area contributed by atoms with Crippen molar-refractivity contribution in [3.63, 3.8) is 0 Å². The Labute approximate surface area is 158 Å². The standard InChI is InChI=1S/C19H26N4O2S/c1-5-15-17(26-19(20)21-15)18(24)23-10-14(16(11-23)22(2)3)12-6-8-13(25-4)9-7-12/h6-9,14,16H,5,10-11H2,1-4H3,(H2,20,21)/t14-,16+/m0/s1. The lowest BCUT2D eigenvalue weighted by Crippen LogP contribution is -2.35. The molecule has 0 radical (unpaired) electrons. The predicted molar refractivity (Wildman–Crippen MR) is 105 cm³/mol. The molecule has 2 N–H and O–H groups in total. The maximum atomic E-state index is 13.1. The van der Waals surface area contributed by atoms with Crippen LogP contribution in [0, 0.1) is 0 Å². The van der Waals surface area contributed by atoms with E-state index >= 15 is 0 Å².